The van der Waals surface area contributed by atoms with Crippen molar-refractivity contribution in [1.29, 1.82) is 0 Å². The van der Waals surface area contributed by atoms with Crippen LogP contribution in [0.3, 0.4) is 0 Å². The van der Waals surface area contributed by atoms with Gasteiger partial charge in [-0.3, -0.25) is 14.2 Å². The molecule has 0 bridgehead atoms. The molecule has 184 valence electrons. The highest BCUT2D eigenvalue weighted by Crippen LogP contribution is 2.34. The third-order valence-electron chi connectivity index (χ3n) is 4.82. The Bertz CT molecular complexity index is 1240. The van der Waals surface area contributed by atoms with Gasteiger partial charge >= 0.3 is 5.97 Å². The van der Waals surface area contributed by atoms with Crippen molar-refractivity contribution in [2.45, 2.75) is 31.7 Å². The lowest BCUT2D eigenvalue weighted by Gasteiger charge is -2.15. The van der Waals surface area contributed by atoms with Crippen LogP contribution in [0.4, 0.5) is 5.00 Å². The van der Waals surface area contributed by atoms with Gasteiger partial charge in [-0.1, -0.05) is 36.0 Å². The fourth-order valence-electron chi connectivity index (χ4n) is 3.24. The van der Waals surface area contributed by atoms with Crippen LogP contribution >= 0.6 is 23.1 Å². The van der Waals surface area contributed by atoms with E-state index in [1.54, 1.807) is 13.0 Å². The molecular weight excluding hydrogens is 490 g/mol. The van der Waals surface area contributed by atoms with Crippen molar-refractivity contribution in [1.82, 2.24) is 14.8 Å². The van der Waals surface area contributed by atoms with Crippen LogP contribution in [0.5, 0.6) is 5.75 Å². The summed E-state index contributed by atoms with van der Waals surface area (Å²) >= 11 is 2.10. The standard InChI is InChI=1S/C23H25N5O5S2/c1-5-11-28-20(14(3)33-15-9-7-6-8-10-15)26-27-23(28)34-12-16(29)25-21-17(22(31)32-4)13(2)18(35-21)19(24)30/h5-10,14H,1,11-12H2,2-4H3,(H2,24,30)(H,25,29). The summed E-state index contributed by atoms with van der Waals surface area (Å²) in [6.07, 6.45) is 1.31. The molecule has 12 heteroatoms. The van der Waals surface area contributed by atoms with E-state index in [1.807, 2.05) is 41.8 Å². The van der Waals surface area contributed by atoms with Gasteiger partial charge in [0.2, 0.25) is 5.91 Å². The highest BCUT2D eigenvalue weighted by molar-refractivity contribution is 7.99. The molecule has 1 atom stereocenters. The number of aromatic nitrogens is 3. The van der Waals surface area contributed by atoms with Gasteiger partial charge in [0.25, 0.3) is 5.91 Å². The summed E-state index contributed by atoms with van der Waals surface area (Å²) in [5.74, 6) is -0.497. The Morgan fingerprint density at radius 3 is 2.63 bits per heavy atom. The van der Waals surface area contributed by atoms with Crippen molar-refractivity contribution < 1.29 is 23.9 Å². The van der Waals surface area contributed by atoms with Gasteiger partial charge in [-0.15, -0.1) is 28.1 Å². The molecule has 0 aliphatic carbocycles. The Hall–Kier alpha value is -3.64. The maximum atomic E-state index is 12.7. The van der Waals surface area contributed by atoms with Crippen molar-refractivity contribution in [3.05, 3.63) is 64.8 Å². The summed E-state index contributed by atoms with van der Waals surface area (Å²) in [5, 5.41) is 11.8. The third-order valence-corrected chi connectivity index (χ3v) is 7.01. The van der Waals surface area contributed by atoms with Crippen LogP contribution in [-0.2, 0) is 16.1 Å². The molecule has 3 rings (SSSR count). The Kier molecular flexibility index (Phi) is 8.66. The minimum atomic E-state index is -0.690. The van der Waals surface area contributed by atoms with Gasteiger partial charge < -0.3 is 20.5 Å². The number of para-hydroxylation sites is 1. The largest absolute Gasteiger partial charge is 0.483 e. The number of hydrogen-bond donors (Lipinski definition) is 2. The summed E-state index contributed by atoms with van der Waals surface area (Å²) in [5.41, 5.74) is 5.86. The SMILES string of the molecule is C=CCn1c(SCC(=O)Nc2sc(C(N)=O)c(C)c2C(=O)OC)nnc1C(C)Oc1ccccc1. The van der Waals surface area contributed by atoms with E-state index >= 15 is 0 Å². The van der Waals surface area contributed by atoms with Crippen LogP contribution in [0, 0.1) is 6.92 Å². The number of nitrogens with zero attached hydrogens (tertiary/aromatic N) is 3. The number of primary amides is 1. The number of methoxy groups -OCH3 is 1. The molecule has 35 heavy (non-hydrogen) atoms. The molecular formula is C23H25N5O5S2. The average Bonchev–Trinajstić information content (AvgIpc) is 3.38. The van der Waals surface area contributed by atoms with Crippen LogP contribution in [-0.4, -0.2) is 45.4 Å². The number of nitrogens with two attached hydrogens (primary N) is 1. The van der Waals surface area contributed by atoms with E-state index in [0.29, 0.717) is 28.8 Å². The highest BCUT2D eigenvalue weighted by atomic mass is 32.2. The molecule has 0 fully saturated rings. The van der Waals surface area contributed by atoms with E-state index < -0.39 is 23.9 Å². The van der Waals surface area contributed by atoms with Crippen LogP contribution in [0.25, 0.3) is 0 Å². The van der Waals surface area contributed by atoms with Gasteiger partial charge in [0.15, 0.2) is 17.1 Å². The summed E-state index contributed by atoms with van der Waals surface area (Å²) in [4.78, 5) is 36.8. The molecule has 2 aromatic heterocycles. The molecule has 1 unspecified atom stereocenters. The predicted octanol–water partition coefficient (Wildman–Crippen LogP) is 3.59. The molecule has 0 saturated carbocycles. The Labute approximate surface area is 210 Å². The summed E-state index contributed by atoms with van der Waals surface area (Å²) < 4.78 is 12.6. The number of hydrogen-bond acceptors (Lipinski definition) is 9. The van der Waals surface area contributed by atoms with Crippen molar-refractivity contribution in [2.24, 2.45) is 5.73 Å². The quantitative estimate of drug-likeness (QED) is 0.224. The predicted molar refractivity (Wildman–Crippen MR) is 134 cm³/mol. The van der Waals surface area contributed by atoms with Crippen LogP contribution in [0.15, 0.2) is 48.1 Å². The number of ether oxygens (including phenoxy) is 2. The summed E-state index contributed by atoms with van der Waals surface area (Å²) in [6.45, 7) is 7.65. The molecule has 0 radical (unpaired) electrons. The van der Waals surface area contributed by atoms with E-state index in [4.69, 9.17) is 15.2 Å². The van der Waals surface area contributed by atoms with Crippen molar-refractivity contribution in [2.75, 3.05) is 18.2 Å². The zero-order valence-electron chi connectivity index (χ0n) is 19.4. The fraction of sp³-hybridized carbons (Fsp3) is 0.261. The lowest BCUT2D eigenvalue weighted by Crippen LogP contribution is -2.17. The molecule has 0 aliphatic rings. The van der Waals surface area contributed by atoms with Crippen molar-refractivity contribution in [3.8, 4) is 5.75 Å². The van der Waals surface area contributed by atoms with Gasteiger partial charge in [0.05, 0.1) is 23.3 Å². The first-order chi connectivity index (χ1) is 16.8. The third kappa shape index (κ3) is 6.08. The summed E-state index contributed by atoms with van der Waals surface area (Å²) in [6, 6.07) is 9.36. The molecule has 0 spiro atoms. The second kappa shape index (κ2) is 11.7. The zero-order valence-corrected chi connectivity index (χ0v) is 21.1. The number of benzene rings is 1. The first kappa shape index (κ1) is 26.0. The van der Waals surface area contributed by atoms with Crippen molar-refractivity contribution in [3.63, 3.8) is 0 Å². The molecule has 10 nitrogen and oxygen atoms in total. The zero-order chi connectivity index (χ0) is 25.5. The minimum Gasteiger partial charge on any atom is -0.483 e. The smallest absolute Gasteiger partial charge is 0.341 e. The van der Waals surface area contributed by atoms with E-state index in [-0.39, 0.29) is 21.2 Å². The maximum Gasteiger partial charge on any atom is 0.341 e. The number of carbonyl (C=O) groups excluding carboxylic acids is 3. The van der Waals surface area contributed by atoms with Gasteiger partial charge in [-0.05, 0) is 31.5 Å². The molecule has 3 aromatic rings. The van der Waals surface area contributed by atoms with Crippen LogP contribution in [0.1, 0.15) is 44.4 Å². The number of rotatable bonds is 11. The fourth-order valence-corrected chi connectivity index (χ4v) is 5.06. The van der Waals surface area contributed by atoms with E-state index in [1.165, 1.54) is 18.9 Å². The lowest BCUT2D eigenvalue weighted by molar-refractivity contribution is -0.113. The lowest BCUT2D eigenvalue weighted by atomic mass is 10.1. The number of thiophene rings is 1. The molecule has 0 saturated heterocycles. The van der Waals surface area contributed by atoms with Gasteiger partial charge in [-0.25, -0.2) is 4.79 Å². The first-order valence-electron chi connectivity index (χ1n) is 10.5. The number of nitrogens with one attached hydrogen (secondary N) is 1. The van der Waals surface area contributed by atoms with Gasteiger partial charge in [0.1, 0.15) is 10.8 Å². The van der Waals surface area contributed by atoms with Crippen molar-refractivity contribution >= 4 is 45.9 Å². The molecule has 1 aromatic carbocycles. The molecule has 3 N–H and O–H groups in total. The number of amides is 2. The highest BCUT2D eigenvalue weighted by Gasteiger charge is 2.26. The number of carbonyl (C=O) groups is 3. The normalized spacial score (nSPS) is 11.5. The number of esters is 1. The molecule has 2 heterocycles. The van der Waals surface area contributed by atoms with Gasteiger partial charge in [-0.2, -0.15) is 0 Å². The number of allylic oxidation sites excluding steroid dienone is 1. The number of anilines is 1. The molecule has 0 aliphatic heterocycles. The van der Waals surface area contributed by atoms with Crippen LogP contribution in [0.2, 0.25) is 0 Å². The minimum absolute atomic E-state index is 0.0212. The second-order valence-electron chi connectivity index (χ2n) is 7.27. The van der Waals surface area contributed by atoms with Gasteiger partial charge in [0, 0.05) is 6.54 Å². The average molecular weight is 516 g/mol. The second-order valence-corrected chi connectivity index (χ2v) is 9.23. The monoisotopic (exact) mass is 515 g/mol. The Balaban J connectivity index is 1.74. The van der Waals surface area contributed by atoms with Crippen LogP contribution < -0.4 is 15.8 Å². The van der Waals surface area contributed by atoms with E-state index in [9.17, 15) is 14.4 Å². The number of thioether (sulfide) groups is 1. The maximum absolute atomic E-state index is 12.7. The Morgan fingerprint density at radius 1 is 1.29 bits per heavy atom. The molecule has 2 amide bonds. The summed E-state index contributed by atoms with van der Waals surface area (Å²) in [7, 11) is 1.22. The van der Waals surface area contributed by atoms with E-state index in [0.717, 1.165) is 11.3 Å². The first-order valence-corrected chi connectivity index (χ1v) is 12.3. The topological polar surface area (TPSA) is 138 Å². The Morgan fingerprint density at radius 2 is 2.00 bits per heavy atom. The van der Waals surface area contributed by atoms with E-state index in [2.05, 4.69) is 22.1 Å².